The normalized spacial score (nSPS) is 11.7. The maximum Gasteiger partial charge on any atom is 0.416 e. The highest BCUT2D eigenvalue weighted by molar-refractivity contribution is 7.15. The maximum atomic E-state index is 12.8. The summed E-state index contributed by atoms with van der Waals surface area (Å²) in [4.78, 5) is 17.2. The van der Waals surface area contributed by atoms with E-state index in [4.69, 9.17) is 4.52 Å². The van der Waals surface area contributed by atoms with E-state index in [1.165, 1.54) is 17.4 Å². The summed E-state index contributed by atoms with van der Waals surface area (Å²) < 4.78 is 43.7. The van der Waals surface area contributed by atoms with Crippen molar-refractivity contribution in [2.24, 2.45) is 0 Å². The highest BCUT2D eigenvalue weighted by Gasteiger charge is 2.30. The van der Waals surface area contributed by atoms with Crippen molar-refractivity contribution in [2.75, 3.05) is 5.32 Å². The Morgan fingerprint density at radius 3 is 2.79 bits per heavy atom. The predicted molar refractivity (Wildman–Crippen MR) is 103 cm³/mol. The van der Waals surface area contributed by atoms with Crippen LogP contribution in [-0.2, 0) is 23.8 Å². The van der Waals surface area contributed by atoms with Gasteiger partial charge in [-0.25, -0.2) is 4.98 Å². The number of fused-ring (bicyclic) bond motifs is 1. The second kappa shape index (κ2) is 7.67. The molecule has 0 radical (unpaired) electrons. The fraction of sp³-hybridized carbons (Fsp3) is 0.150. The van der Waals surface area contributed by atoms with E-state index >= 15 is 0 Å². The largest absolute Gasteiger partial charge is 0.416 e. The van der Waals surface area contributed by atoms with Gasteiger partial charge in [0, 0.05) is 22.9 Å². The third kappa shape index (κ3) is 4.45. The van der Waals surface area contributed by atoms with Crippen LogP contribution in [0, 0.1) is 0 Å². The number of rotatable bonds is 5. The third-order valence-electron chi connectivity index (χ3n) is 4.21. The average molecular weight is 417 g/mol. The molecular weight excluding hydrogens is 403 g/mol. The number of nitrogens with zero attached hydrogens (tertiary/aromatic N) is 2. The van der Waals surface area contributed by atoms with Gasteiger partial charge in [-0.3, -0.25) is 4.79 Å². The number of alkyl halides is 3. The first-order valence-corrected chi connectivity index (χ1v) is 9.44. The number of nitrogens with one attached hydrogen (secondary N) is 1. The Balaban J connectivity index is 1.41. The van der Waals surface area contributed by atoms with Gasteiger partial charge < -0.3 is 9.84 Å². The third-order valence-corrected chi connectivity index (χ3v) is 5.13. The number of hydrogen-bond acceptors (Lipinski definition) is 5. The zero-order chi connectivity index (χ0) is 20.4. The maximum absolute atomic E-state index is 12.8. The Bertz CT molecular complexity index is 1170. The summed E-state index contributed by atoms with van der Waals surface area (Å²) in [5.41, 5.74) is 0.968. The van der Waals surface area contributed by atoms with Crippen LogP contribution >= 0.6 is 11.3 Å². The first kappa shape index (κ1) is 19.1. The van der Waals surface area contributed by atoms with Crippen LogP contribution in [-0.4, -0.2) is 16.0 Å². The summed E-state index contributed by atoms with van der Waals surface area (Å²) in [6.07, 6.45) is -2.51. The number of carbonyl (C=O) groups is 1. The van der Waals surface area contributed by atoms with Crippen LogP contribution in [0.25, 0.3) is 11.0 Å². The molecule has 29 heavy (non-hydrogen) atoms. The van der Waals surface area contributed by atoms with Crippen LogP contribution in [0.5, 0.6) is 0 Å². The van der Waals surface area contributed by atoms with Gasteiger partial charge in [-0.15, -0.1) is 11.3 Å². The molecule has 1 amide bonds. The molecule has 0 bridgehead atoms. The Morgan fingerprint density at radius 1 is 1.14 bits per heavy atom. The molecule has 1 N–H and O–H groups in total. The van der Waals surface area contributed by atoms with Crippen LogP contribution in [0.4, 0.5) is 18.3 Å². The van der Waals surface area contributed by atoms with E-state index in [-0.39, 0.29) is 12.3 Å². The van der Waals surface area contributed by atoms with Crippen molar-refractivity contribution < 1.29 is 22.5 Å². The summed E-state index contributed by atoms with van der Waals surface area (Å²) in [5.74, 6) is -0.302. The number of halogens is 3. The molecule has 0 saturated heterocycles. The van der Waals surface area contributed by atoms with E-state index in [2.05, 4.69) is 15.5 Å². The summed E-state index contributed by atoms with van der Waals surface area (Å²) in [6.45, 7) is 0. The van der Waals surface area contributed by atoms with Crippen LogP contribution in [0.3, 0.4) is 0 Å². The van der Waals surface area contributed by atoms with Gasteiger partial charge >= 0.3 is 6.18 Å². The van der Waals surface area contributed by atoms with Gasteiger partial charge in [0.25, 0.3) is 0 Å². The molecule has 0 aliphatic heterocycles. The van der Waals surface area contributed by atoms with Gasteiger partial charge in [-0.05, 0) is 23.8 Å². The minimum Gasteiger partial charge on any atom is -0.356 e. The van der Waals surface area contributed by atoms with Crippen LogP contribution in [0.15, 0.2) is 59.3 Å². The second-order valence-corrected chi connectivity index (χ2v) is 7.47. The molecule has 2 aromatic carbocycles. The topological polar surface area (TPSA) is 68.0 Å². The van der Waals surface area contributed by atoms with E-state index < -0.39 is 11.7 Å². The standard InChI is InChI=1S/C20H14F3N3O2S/c21-20(22,23)13-5-3-4-12(8-13)9-14-11-24-19(29-14)25-18(27)10-16-15-6-1-2-7-17(15)28-26-16/h1-8,11H,9-10H2,(H,24,25,27). The molecule has 0 atom stereocenters. The molecule has 4 rings (SSSR count). The summed E-state index contributed by atoms with van der Waals surface area (Å²) in [7, 11) is 0. The molecule has 0 spiro atoms. The minimum absolute atomic E-state index is 0.0273. The van der Waals surface area contributed by atoms with E-state index in [0.29, 0.717) is 28.4 Å². The molecule has 0 unspecified atom stereocenters. The highest BCUT2D eigenvalue weighted by atomic mass is 32.1. The Kier molecular flexibility index (Phi) is 5.06. The van der Waals surface area contributed by atoms with Crippen molar-refractivity contribution in [3.8, 4) is 0 Å². The lowest BCUT2D eigenvalue weighted by molar-refractivity contribution is -0.137. The van der Waals surface area contributed by atoms with Gasteiger partial charge in [0.05, 0.1) is 12.0 Å². The number of carbonyl (C=O) groups excluding carboxylic acids is 1. The molecule has 5 nitrogen and oxygen atoms in total. The van der Waals surface area contributed by atoms with Crippen LogP contribution in [0.1, 0.15) is 21.7 Å². The zero-order valence-corrected chi connectivity index (χ0v) is 15.7. The first-order valence-electron chi connectivity index (χ1n) is 8.62. The molecule has 148 valence electrons. The van der Waals surface area contributed by atoms with Crippen molar-refractivity contribution in [3.63, 3.8) is 0 Å². The van der Waals surface area contributed by atoms with Crippen molar-refractivity contribution >= 4 is 33.3 Å². The van der Waals surface area contributed by atoms with Crippen LogP contribution in [0.2, 0.25) is 0 Å². The number of para-hydroxylation sites is 1. The SMILES string of the molecule is O=C(Cc1noc2ccccc12)Nc1ncc(Cc2cccc(C(F)(F)F)c2)s1. The average Bonchev–Trinajstić information content (AvgIpc) is 3.28. The van der Waals surface area contributed by atoms with Crippen molar-refractivity contribution in [3.05, 3.63) is 76.4 Å². The molecule has 4 aromatic rings. The molecule has 0 saturated carbocycles. The molecule has 0 fully saturated rings. The van der Waals surface area contributed by atoms with Crippen molar-refractivity contribution in [2.45, 2.75) is 19.0 Å². The summed E-state index contributed by atoms with van der Waals surface area (Å²) in [5, 5.41) is 7.76. The lowest BCUT2D eigenvalue weighted by Gasteiger charge is -2.07. The smallest absolute Gasteiger partial charge is 0.356 e. The molecule has 0 aliphatic rings. The van der Waals surface area contributed by atoms with Crippen molar-refractivity contribution in [1.82, 2.24) is 10.1 Å². The number of benzene rings is 2. The summed E-state index contributed by atoms with van der Waals surface area (Å²) >= 11 is 1.22. The fourth-order valence-electron chi connectivity index (χ4n) is 2.89. The van der Waals surface area contributed by atoms with Gasteiger partial charge in [0.1, 0.15) is 5.69 Å². The number of hydrogen-bond donors (Lipinski definition) is 1. The van der Waals surface area contributed by atoms with Gasteiger partial charge in [-0.1, -0.05) is 35.5 Å². The van der Waals surface area contributed by atoms with E-state index in [0.717, 1.165) is 22.4 Å². The summed E-state index contributed by atoms with van der Waals surface area (Å²) in [6, 6.07) is 12.4. The highest BCUT2D eigenvalue weighted by Crippen LogP contribution is 2.30. The Labute approximate surface area is 167 Å². The predicted octanol–water partition coefficient (Wildman–Crippen LogP) is 5.08. The number of thiazole rings is 1. The molecule has 0 aliphatic carbocycles. The van der Waals surface area contributed by atoms with Crippen LogP contribution < -0.4 is 5.32 Å². The number of anilines is 1. The quantitative estimate of drug-likeness (QED) is 0.492. The minimum atomic E-state index is -4.38. The van der Waals surface area contributed by atoms with Gasteiger partial charge in [-0.2, -0.15) is 13.2 Å². The van der Waals surface area contributed by atoms with E-state index in [9.17, 15) is 18.0 Å². The lowest BCUT2D eigenvalue weighted by atomic mass is 10.1. The lowest BCUT2D eigenvalue weighted by Crippen LogP contribution is -2.14. The van der Waals surface area contributed by atoms with Gasteiger partial charge in [0.15, 0.2) is 10.7 Å². The van der Waals surface area contributed by atoms with Gasteiger partial charge in [0.2, 0.25) is 5.91 Å². The van der Waals surface area contributed by atoms with Crippen molar-refractivity contribution in [1.29, 1.82) is 0 Å². The Hall–Kier alpha value is -3.20. The number of amides is 1. The number of aromatic nitrogens is 2. The molecular formula is C20H14F3N3O2S. The Morgan fingerprint density at radius 2 is 1.97 bits per heavy atom. The molecule has 9 heteroatoms. The molecule has 2 aromatic heterocycles. The van der Waals surface area contributed by atoms with E-state index in [1.54, 1.807) is 18.3 Å². The zero-order valence-electron chi connectivity index (χ0n) is 14.9. The second-order valence-electron chi connectivity index (χ2n) is 6.36. The fourth-order valence-corrected chi connectivity index (χ4v) is 3.75. The van der Waals surface area contributed by atoms with E-state index in [1.807, 2.05) is 18.2 Å². The first-order chi connectivity index (χ1) is 13.9. The monoisotopic (exact) mass is 417 g/mol. The molecule has 2 heterocycles.